The molecule has 0 aromatic heterocycles. The van der Waals surface area contributed by atoms with E-state index in [1.807, 2.05) is 6.26 Å². The van der Waals surface area contributed by atoms with E-state index >= 15 is 0 Å². The Morgan fingerprint density at radius 3 is 2.05 bits per heavy atom. The molecule has 0 aliphatic rings. The fraction of sp³-hybridized carbons (Fsp3) is 0.941. The Hall–Kier alpha value is -0.220. The van der Waals surface area contributed by atoms with Gasteiger partial charge in [-0.2, -0.15) is 11.8 Å². The molecule has 3 N–H and O–H groups in total. The van der Waals surface area contributed by atoms with Crippen LogP contribution in [0.2, 0.25) is 0 Å². The molecule has 4 heteroatoms. The Morgan fingerprint density at radius 2 is 1.57 bits per heavy atom. The molecule has 0 rings (SSSR count). The molecule has 0 bridgehead atoms. The summed E-state index contributed by atoms with van der Waals surface area (Å²) >= 11 is 1.60. The summed E-state index contributed by atoms with van der Waals surface area (Å²) in [7, 11) is 0. The van der Waals surface area contributed by atoms with Gasteiger partial charge in [-0.15, -0.1) is 0 Å². The first kappa shape index (κ1) is 20.8. The fourth-order valence-corrected chi connectivity index (χ4v) is 3.19. The highest BCUT2D eigenvalue weighted by Gasteiger charge is 2.18. The Bertz CT molecular complexity index is 249. The summed E-state index contributed by atoms with van der Waals surface area (Å²) in [6, 6.07) is 0. The number of nitrogens with two attached hydrogens (primary N) is 1. The van der Waals surface area contributed by atoms with Gasteiger partial charge in [0, 0.05) is 11.7 Å². The zero-order chi connectivity index (χ0) is 15.9. The van der Waals surface area contributed by atoms with Crippen molar-refractivity contribution in [1.29, 1.82) is 0 Å². The van der Waals surface area contributed by atoms with Gasteiger partial charge in [0.05, 0.1) is 6.10 Å². The molecule has 0 aromatic rings. The summed E-state index contributed by atoms with van der Waals surface area (Å²) in [4.78, 5) is 11.4. The van der Waals surface area contributed by atoms with Crippen LogP contribution in [0, 0.1) is 5.92 Å². The van der Waals surface area contributed by atoms with Crippen molar-refractivity contribution in [3.8, 4) is 0 Å². The topological polar surface area (TPSA) is 63.3 Å². The second kappa shape index (κ2) is 14.7. The minimum Gasteiger partial charge on any atom is -0.392 e. The molecule has 2 unspecified atom stereocenters. The fourth-order valence-electron chi connectivity index (χ4n) is 2.67. The maximum Gasteiger partial charge on any atom is 0.220 e. The van der Waals surface area contributed by atoms with Crippen LogP contribution in [0.1, 0.15) is 77.6 Å². The molecule has 0 aliphatic heterocycles. The number of carbonyl (C=O) groups excluding carboxylic acids is 1. The van der Waals surface area contributed by atoms with Crippen molar-refractivity contribution < 1.29 is 9.90 Å². The second-order valence-corrected chi connectivity index (χ2v) is 6.97. The maximum absolute atomic E-state index is 11.4. The van der Waals surface area contributed by atoms with Crippen molar-refractivity contribution in [3.05, 3.63) is 0 Å². The molecule has 2 atom stereocenters. The van der Waals surface area contributed by atoms with Crippen LogP contribution in [-0.4, -0.2) is 29.1 Å². The maximum atomic E-state index is 11.4. The van der Waals surface area contributed by atoms with Gasteiger partial charge < -0.3 is 10.8 Å². The SMILES string of the molecule is CCCCCCCCCCCC(CC(O)CSC)C(N)=O. The van der Waals surface area contributed by atoms with E-state index in [2.05, 4.69) is 6.92 Å². The van der Waals surface area contributed by atoms with E-state index in [1.165, 1.54) is 51.4 Å². The lowest BCUT2D eigenvalue weighted by Crippen LogP contribution is -2.28. The molecule has 0 saturated carbocycles. The minimum atomic E-state index is -0.406. The van der Waals surface area contributed by atoms with Crippen molar-refractivity contribution in [1.82, 2.24) is 0 Å². The summed E-state index contributed by atoms with van der Waals surface area (Å²) in [6.07, 6.45) is 14.4. The van der Waals surface area contributed by atoms with E-state index in [1.54, 1.807) is 11.8 Å². The lowest BCUT2D eigenvalue weighted by molar-refractivity contribution is -0.123. The highest BCUT2D eigenvalue weighted by Crippen LogP contribution is 2.18. The molecule has 0 saturated heterocycles. The summed E-state index contributed by atoms with van der Waals surface area (Å²) in [5.41, 5.74) is 5.43. The Labute approximate surface area is 135 Å². The van der Waals surface area contributed by atoms with Crippen LogP contribution in [0.5, 0.6) is 0 Å². The van der Waals surface area contributed by atoms with Crippen LogP contribution < -0.4 is 5.73 Å². The number of primary amides is 1. The van der Waals surface area contributed by atoms with Gasteiger partial charge in [0.1, 0.15) is 0 Å². The van der Waals surface area contributed by atoms with Crippen molar-refractivity contribution in [2.45, 2.75) is 83.7 Å². The van der Waals surface area contributed by atoms with E-state index in [9.17, 15) is 9.90 Å². The summed E-state index contributed by atoms with van der Waals surface area (Å²) < 4.78 is 0. The molecule has 0 aromatic carbocycles. The number of thioether (sulfide) groups is 1. The number of hydrogen-bond acceptors (Lipinski definition) is 3. The number of aliphatic hydroxyl groups is 1. The second-order valence-electron chi connectivity index (χ2n) is 6.06. The van der Waals surface area contributed by atoms with Crippen molar-refractivity contribution in [3.63, 3.8) is 0 Å². The van der Waals surface area contributed by atoms with Gasteiger partial charge in [-0.05, 0) is 19.1 Å². The van der Waals surface area contributed by atoms with E-state index in [0.29, 0.717) is 12.2 Å². The third kappa shape index (κ3) is 13.2. The summed E-state index contributed by atoms with van der Waals surface area (Å²) in [5, 5.41) is 9.78. The lowest BCUT2D eigenvalue weighted by Gasteiger charge is -2.16. The first-order chi connectivity index (χ1) is 10.1. The molecule has 21 heavy (non-hydrogen) atoms. The number of carbonyl (C=O) groups is 1. The molecular weight excluding hydrogens is 282 g/mol. The van der Waals surface area contributed by atoms with Crippen LogP contribution in [0.4, 0.5) is 0 Å². The van der Waals surface area contributed by atoms with E-state index < -0.39 is 6.10 Å². The number of unbranched alkanes of at least 4 members (excludes halogenated alkanes) is 8. The van der Waals surface area contributed by atoms with Gasteiger partial charge in [-0.25, -0.2) is 0 Å². The molecular formula is C17H35NO2S. The average molecular weight is 318 g/mol. The largest absolute Gasteiger partial charge is 0.392 e. The number of amides is 1. The zero-order valence-electron chi connectivity index (χ0n) is 14.0. The van der Waals surface area contributed by atoms with E-state index in [4.69, 9.17) is 5.73 Å². The summed E-state index contributed by atoms with van der Waals surface area (Å²) in [6.45, 7) is 2.24. The number of rotatable bonds is 15. The molecule has 0 aliphatic carbocycles. The Morgan fingerprint density at radius 1 is 1.05 bits per heavy atom. The van der Waals surface area contributed by atoms with Gasteiger partial charge >= 0.3 is 0 Å². The number of aliphatic hydroxyl groups excluding tert-OH is 1. The van der Waals surface area contributed by atoms with Gasteiger partial charge in [0.2, 0.25) is 5.91 Å². The van der Waals surface area contributed by atoms with Crippen molar-refractivity contribution >= 4 is 17.7 Å². The van der Waals surface area contributed by atoms with Gasteiger partial charge in [-0.3, -0.25) is 4.79 Å². The van der Waals surface area contributed by atoms with E-state index in [-0.39, 0.29) is 11.8 Å². The normalized spacial score (nSPS) is 14.0. The van der Waals surface area contributed by atoms with Crippen LogP contribution in [-0.2, 0) is 4.79 Å². The van der Waals surface area contributed by atoms with Crippen LogP contribution in [0.15, 0.2) is 0 Å². The molecule has 0 radical (unpaired) electrons. The molecule has 1 amide bonds. The quantitative estimate of drug-likeness (QED) is 0.447. The van der Waals surface area contributed by atoms with Gasteiger partial charge in [0.25, 0.3) is 0 Å². The third-order valence-corrected chi connectivity index (χ3v) is 4.69. The molecule has 0 spiro atoms. The van der Waals surface area contributed by atoms with Crippen LogP contribution in [0.25, 0.3) is 0 Å². The molecule has 3 nitrogen and oxygen atoms in total. The average Bonchev–Trinajstić information content (AvgIpc) is 2.44. The standard InChI is InChI=1S/C17H35NO2S/c1-3-4-5-6-7-8-9-10-11-12-15(17(18)20)13-16(19)14-21-2/h15-16,19H,3-14H2,1-2H3,(H2,18,20). The molecule has 126 valence electrons. The minimum absolute atomic E-state index is 0.156. The van der Waals surface area contributed by atoms with Crippen molar-refractivity contribution in [2.24, 2.45) is 11.7 Å². The van der Waals surface area contributed by atoms with Crippen LogP contribution >= 0.6 is 11.8 Å². The predicted octanol–water partition coefficient (Wildman–Crippen LogP) is 4.12. The highest BCUT2D eigenvalue weighted by molar-refractivity contribution is 7.98. The van der Waals surface area contributed by atoms with E-state index in [0.717, 1.165) is 12.8 Å². The lowest BCUT2D eigenvalue weighted by atomic mass is 9.94. The third-order valence-electron chi connectivity index (χ3n) is 3.97. The van der Waals surface area contributed by atoms with Crippen LogP contribution in [0.3, 0.4) is 0 Å². The summed E-state index contributed by atoms with van der Waals surface area (Å²) in [5.74, 6) is 0.271. The first-order valence-corrected chi connectivity index (χ1v) is 9.97. The molecule has 0 heterocycles. The Kier molecular flexibility index (Phi) is 14.6. The van der Waals surface area contributed by atoms with Gasteiger partial charge in [-0.1, -0.05) is 64.7 Å². The Balaban J connectivity index is 3.59. The van der Waals surface area contributed by atoms with Gasteiger partial charge in [0.15, 0.2) is 0 Å². The van der Waals surface area contributed by atoms with Crippen molar-refractivity contribution in [2.75, 3.05) is 12.0 Å². The predicted molar refractivity (Wildman–Crippen MR) is 93.5 cm³/mol. The zero-order valence-corrected chi connectivity index (χ0v) is 14.8. The highest BCUT2D eigenvalue weighted by atomic mass is 32.2. The molecule has 0 fully saturated rings. The monoisotopic (exact) mass is 317 g/mol. The number of hydrogen-bond donors (Lipinski definition) is 2. The smallest absolute Gasteiger partial charge is 0.220 e. The first-order valence-electron chi connectivity index (χ1n) is 8.58.